The molecule has 0 bridgehead atoms. The molecule has 0 fully saturated rings. The molecule has 1 aliphatic heterocycles. The number of hydrogen-bond acceptors (Lipinski definition) is 4. The Morgan fingerprint density at radius 1 is 1.20 bits per heavy atom. The fourth-order valence-corrected chi connectivity index (χ4v) is 2.61. The van der Waals surface area contributed by atoms with Crippen molar-refractivity contribution in [2.45, 2.75) is 13.0 Å². The van der Waals surface area contributed by atoms with Crippen LogP contribution < -0.4 is 10.1 Å². The first-order chi connectivity index (χ1) is 12.2. The summed E-state index contributed by atoms with van der Waals surface area (Å²) < 4.78 is 10.1. The summed E-state index contributed by atoms with van der Waals surface area (Å²) in [5.41, 5.74) is 3.54. The fourth-order valence-electron chi connectivity index (χ4n) is 2.61. The Morgan fingerprint density at radius 2 is 2.00 bits per heavy atom. The fraction of sp³-hybridized carbons (Fsp3) is 0.200. The van der Waals surface area contributed by atoms with Crippen LogP contribution in [0.2, 0.25) is 0 Å². The van der Waals surface area contributed by atoms with Crippen LogP contribution in [0.15, 0.2) is 48.5 Å². The van der Waals surface area contributed by atoms with Crippen molar-refractivity contribution in [1.82, 2.24) is 5.32 Å². The van der Waals surface area contributed by atoms with Gasteiger partial charge in [0.1, 0.15) is 5.75 Å². The van der Waals surface area contributed by atoms with E-state index >= 15 is 0 Å². The summed E-state index contributed by atoms with van der Waals surface area (Å²) in [7, 11) is 1.34. The van der Waals surface area contributed by atoms with E-state index in [1.54, 1.807) is 30.3 Å². The lowest BCUT2D eigenvalue weighted by Crippen LogP contribution is -2.20. The summed E-state index contributed by atoms with van der Waals surface area (Å²) in [6.45, 7) is 1.11. The Balaban J connectivity index is 1.53. The Bertz CT molecular complexity index is 809. The van der Waals surface area contributed by atoms with Crippen LogP contribution >= 0.6 is 0 Å². The first kappa shape index (κ1) is 16.8. The van der Waals surface area contributed by atoms with Gasteiger partial charge in [-0.3, -0.25) is 4.79 Å². The predicted molar refractivity (Wildman–Crippen MR) is 94.3 cm³/mol. The number of nitrogens with one attached hydrogen (secondary N) is 1. The van der Waals surface area contributed by atoms with Gasteiger partial charge in [-0.1, -0.05) is 18.2 Å². The highest BCUT2D eigenvalue weighted by Crippen LogP contribution is 2.26. The van der Waals surface area contributed by atoms with Crippen LogP contribution in [0.4, 0.5) is 0 Å². The highest BCUT2D eigenvalue weighted by atomic mass is 16.5. The van der Waals surface area contributed by atoms with Crippen LogP contribution in [0.1, 0.15) is 27.0 Å². The first-order valence-electron chi connectivity index (χ1n) is 8.04. The second kappa shape index (κ2) is 7.66. The molecule has 0 aromatic heterocycles. The topological polar surface area (TPSA) is 64.6 Å². The van der Waals surface area contributed by atoms with Crippen molar-refractivity contribution in [1.29, 1.82) is 0 Å². The van der Waals surface area contributed by atoms with Crippen molar-refractivity contribution in [3.63, 3.8) is 0 Å². The smallest absolute Gasteiger partial charge is 0.337 e. The average Bonchev–Trinajstić information content (AvgIpc) is 3.12. The zero-order chi connectivity index (χ0) is 17.6. The normalized spacial score (nSPS) is 12.5. The average molecular weight is 337 g/mol. The zero-order valence-corrected chi connectivity index (χ0v) is 14.0. The Hall–Kier alpha value is -3.08. The molecule has 0 saturated carbocycles. The van der Waals surface area contributed by atoms with Crippen molar-refractivity contribution in [3.05, 3.63) is 70.8 Å². The van der Waals surface area contributed by atoms with Crippen molar-refractivity contribution in [2.24, 2.45) is 0 Å². The molecule has 0 saturated heterocycles. The van der Waals surface area contributed by atoms with Gasteiger partial charge in [-0.15, -0.1) is 0 Å². The van der Waals surface area contributed by atoms with Gasteiger partial charge in [0.05, 0.1) is 19.3 Å². The Labute approximate surface area is 146 Å². The number of ether oxygens (including phenoxy) is 2. The molecule has 128 valence electrons. The molecule has 0 atom stereocenters. The van der Waals surface area contributed by atoms with E-state index in [2.05, 4.69) is 10.1 Å². The van der Waals surface area contributed by atoms with Gasteiger partial charge in [0.25, 0.3) is 0 Å². The first-order valence-corrected chi connectivity index (χ1v) is 8.04. The van der Waals surface area contributed by atoms with Crippen molar-refractivity contribution in [3.8, 4) is 5.75 Å². The van der Waals surface area contributed by atoms with Crippen LogP contribution in [0.3, 0.4) is 0 Å². The minimum atomic E-state index is -0.377. The van der Waals surface area contributed by atoms with Gasteiger partial charge in [0.15, 0.2) is 0 Å². The molecule has 25 heavy (non-hydrogen) atoms. The van der Waals surface area contributed by atoms with E-state index < -0.39 is 0 Å². The number of amides is 1. The molecule has 2 aromatic carbocycles. The Kier molecular flexibility index (Phi) is 5.14. The molecule has 1 aliphatic rings. The number of methoxy groups -OCH3 is 1. The molecule has 0 radical (unpaired) electrons. The number of carbonyl (C=O) groups excluding carboxylic acids is 2. The second-order valence-corrected chi connectivity index (χ2v) is 5.71. The van der Waals surface area contributed by atoms with Crippen molar-refractivity contribution >= 4 is 18.0 Å². The van der Waals surface area contributed by atoms with E-state index in [-0.39, 0.29) is 11.9 Å². The second-order valence-electron chi connectivity index (χ2n) is 5.71. The molecule has 5 nitrogen and oxygen atoms in total. The highest BCUT2D eigenvalue weighted by molar-refractivity contribution is 5.92. The van der Waals surface area contributed by atoms with Gasteiger partial charge in [0.2, 0.25) is 5.91 Å². The molecular formula is C20H19NO4. The van der Waals surface area contributed by atoms with Gasteiger partial charge in [-0.05, 0) is 47.0 Å². The van der Waals surface area contributed by atoms with E-state index in [0.717, 1.165) is 29.9 Å². The summed E-state index contributed by atoms with van der Waals surface area (Å²) in [6.07, 6.45) is 4.21. The maximum Gasteiger partial charge on any atom is 0.337 e. The number of hydrogen-bond donors (Lipinski definition) is 1. The molecule has 1 N–H and O–H groups in total. The van der Waals surface area contributed by atoms with E-state index in [4.69, 9.17) is 4.74 Å². The number of carbonyl (C=O) groups is 2. The van der Waals surface area contributed by atoms with Gasteiger partial charge < -0.3 is 14.8 Å². The number of esters is 1. The molecule has 5 heteroatoms. The predicted octanol–water partition coefficient (Wildman–Crippen LogP) is 2.74. The van der Waals surface area contributed by atoms with Crippen LogP contribution in [0, 0.1) is 0 Å². The van der Waals surface area contributed by atoms with E-state index in [9.17, 15) is 9.59 Å². The van der Waals surface area contributed by atoms with Gasteiger partial charge in [0, 0.05) is 19.0 Å². The van der Waals surface area contributed by atoms with Gasteiger partial charge >= 0.3 is 5.97 Å². The van der Waals surface area contributed by atoms with E-state index in [1.807, 2.05) is 18.2 Å². The maximum atomic E-state index is 11.9. The molecule has 0 unspecified atom stereocenters. The van der Waals surface area contributed by atoms with Crippen LogP contribution in [0.25, 0.3) is 6.08 Å². The SMILES string of the molecule is COC(=O)c1ccc(CNC(=O)/C=C/c2ccc3c(c2)CCO3)cc1. The van der Waals surface area contributed by atoms with Gasteiger partial charge in [-0.2, -0.15) is 0 Å². The standard InChI is InChI=1S/C20H19NO4/c1-24-20(23)16-6-2-15(3-7-16)13-21-19(22)9-5-14-4-8-18-17(12-14)10-11-25-18/h2-9,12H,10-11,13H2,1H3,(H,21,22)/b9-5+. The third-order valence-corrected chi connectivity index (χ3v) is 3.98. The number of fused-ring (bicyclic) bond motifs is 1. The molecule has 1 heterocycles. The summed E-state index contributed by atoms with van der Waals surface area (Å²) in [4.78, 5) is 23.3. The lowest BCUT2D eigenvalue weighted by molar-refractivity contribution is -0.116. The van der Waals surface area contributed by atoms with Crippen molar-refractivity contribution in [2.75, 3.05) is 13.7 Å². The number of rotatable bonds is 5. The van der Waals surface area contributed by atoms with Crippen LogP contribution in [-0.4, -0.2) is 25.6 Å². The largest absolute Gasteiger partial charge is 0.493 e. The molecule has 1 amide bonds. The van der Waals surface area contributed by atoms with Crippen LogP contribution in [-0.2, 0) is 22.5 Å². The lowest BCUT2D eigenvalue weighted by Gasteiger charge is -2.04. The van der Waals surface area contributed by atoms with Gasteiger partial charge in [-0.25, -0.2) is 4.79 Å². The Morgan fingerprint density at radius 3 is 2.76 bits per heavy atom. The van der Waals surface area contributed by atoms with E-state index in [1.165, 1.54) is 18.7 Å². The highest BCUT2D eigenvalue weighted by Gasteiger charge is 2.11. The lowest BCUT2D eigenvalue weighted by atomic mass is 10.1. The monoisotopic (exact) mass is 337 g/mol. The third-order valence-electron chi connectivity index (χ3n) is 3.98. The minimum Gasteiger partial charge on any atom is -0.493 e. The summed E-state index contributed by atoms with van der Waals surface area (Å²) in [6, 6.07) is 12.8. The molecule has 2 aromatic rings. The minimum absolute atomic E-state index is 0.172. The third kappa shape index (κ3) is 4.26. The molecule has 0 spiro atoms. The molecule has 3 rings (SSSR count). The quantitative estimate of drug-likeness (QED) is 0.673. The van der Waals surface area contributed by atoms with Crippen LogP contribution in [0.5, 0.6) is 5.75 Å². The maximum absolute atomic E-state index is 11.9. The molecule has 0 aliphatic carbocycles. The summed E-state index contributed by atoms with van der Waals surface area (Å²) in [5, 5.41) is 2.82. The summed E-state index contributed by atoms with van der Waals surface area (Å²) in [5.74, 6) is 0.379. The zero-order valence-electron chi connectivity index (χ0n) is 14.0. The van der Waals surface area contributed by atoms with Crippen molar-refractivity contribution < 1.29 is 19.1 Å². The van der Waals surface area contributed by atoms with E-state index in [0.29, 0.717) is 12.1 Å². The molecular weight excluding hydrogens is 318 g/mol. The summed E-state index contributed by atoms with van der Waals surface area (Å²) >= 11 is 0. The number of benzene rings is 2.